The minimum absolute atomic E-state index is 0.0144. The molecular weight excluding hydrogens is 274 g/mol. The Labute approximate surface area is 134 Å². The molecule has 1 aliphatic heterocycles. The van der Waals surface area contributed by atoms with Crippen molar-refractivity contribution in [3.63, 3.8) is 0 Å². The highest BCUT2D eigenvalue weighted by atomic mass is 16.5. The summed E-state index contributed by atoms with van der Waals surface area (Å²) >= 11 is 0. The van der Waals surface area contributed by atoms with Crippen LogP contribution < -0.4 is 0 Å². The molecule has 0 amide bonds. The molecule has 0 aromatic heterocycles. The van der Waals surface area contributed by atoms with Gasteiger partial charge in [0.1, 0.15) is 5.78 Å². The van der Waals surface area contributed by atoms with E-state index >= 15 is 0 Å². The smallest absolute Gasteiger partial charge is 0.136 e. The van der Waals surface area contributed by atoms with Gasteiger partial charge in [-0.05, 0) is 74.5 Å². The molecule has 0 aromatic carbocycles. The summed E-state index contributed by atoms with van der Waals surface area (Å²) in [5.74, 6) is 3.56. The SMILES string of the molecule is CC1C(=O)CC[C@@]2(C)C1CC[C@@H]1[C@H]2CC[C@@]2(C)[C@H]1CCN2O. The second-order valence-corrected chi connectivity index (χ2v) is 9.13. The lowest BCUT2D eigenvalue weighted by Gasteiger charge is -2.61. The number of fused-ring (bicyclic) bond motifs is 5. The minimum atomic E-state index is 0.0144. The van der Waals surface area contributed by atoms with Gasteiger partial charge in [-0.1, -0.05) is 13.8 Å². The first-order valence-corrected chi connectivity index (χ1v) is 9.37. The molecule has 7 atom stereocenters. The quantitative estimate of drug-likeness (QED) is 0.738. The fraction of sp³-hybridized carbons (Fsp3) is 0.947. The second kappa shape index (κ2) is 4.80. The van der Waals surface area contributed by atoms with Crippen molar-refractivity contribution in [2.45, 2.75) is 71.3 Å². The summed E-state index contributed by atoms with van der Waals surface area (Å²) in [4.78, 5) is 12.2. The van der Waals surface area contributed by atoms with Crippen LogP contribution in [0.5, 0.6) is 0 Å². The van der Waals surface area contributed by atoms with Gasteiger partial charge in [0.25, 0.3) is 0 Å². The number of hydroxylamine groups is 2. The lowest BCUT2D eigenvalue weighted by atomic mass is 9.45. The monoisotopic (exact) mass is 305 g/mol. The molecule has 3 saturated carbocycles. The number of carbonyl (C=O) groups excluding carboxylic acids is 1. The van der Waals surface area contributed by atoms with Crippen LogP contribution in [-0.2, 0) is 4.79 Å². The van der Waals surface area contributed by atoms with Gasteiger partial charge in [-0.2, -0.15) is 5.06 Å². The van der Waals surface area contributed by atoms with Gasteiger partial charge in [0.05, 0.1) is 0 Å². The summed E-state index contributed by atoms with van der Waals surface area (Å²) in [6.45, 7) is 7.80. The number of hydrogen-bond acceptors (Lipinski definition) is 3. The Morgan fingerprint density at radius 1 is 1.05 bits per heavy atom. The number of carbonyl (C=O) groups is 1. The van der Waals surface area contributed by atoms with E-state index in [4.69, 9.17) is 0 Å². The van der Waals surface area contributed by atoms with Crippen molar-refractivity contribution in [2.24, 2.45) is 35.0 Å². The van der Waals surface area contributed by atoms with Crippen LogP contribution in [0.3, 0.4) is 0 Å². The van der Waals surface area contributed by atoms with Crippen molar-refractivity contribution < 1.29 is 10.0 Å². The highest BCUT2D eigenvalue weighted by Gasteiger charge is 2.60. The summed E-state index contributed by atoms with van der Waals surface area (Å²) < 4.78 is 0. The third kappa shape index (κ3) is 1.78. The van der Waals surface area contributed by atoms with Crippen LogP contribution in [0.25, 0.3) is 0 Å². The molecule has 1 saturated heterocycles. The Kier molecular flexibility index (Phi) is 3.30. The molecule has 3 heteroatoms. The van der Waals surface area contributed by atoms with E-state index in [1.54, 1.807) is 5.06 Å². The fourth-order valence-corrected chi connectivity index (χ4v) is 7.19. The maximum atomic E-state index is 12.2. The Balaban J connectivity index is 1.65. The summed E-state index contributed by atoms with van der Waals surface area (Å²) in [5, 5.41) is 12.0. The summed E-state index contributed by atoms with van der Waals surface area (Å²) in [6, 6.07) is 0. The third-order valence-corrected chi connectivity index (χ3v) is 8.56. The van der Waals surface area contributed by atoms with Crippen LogP contribution in [0.1, 0.15) is 65.7 Å². The fourth-order valence-electron chi connectivity index (χ4n) is 7.19. The summed E-state index contributed by atoms with van der Waals surface area (Å²) in [7, 11) is 0. The lowest BCUT2D eigenvalue weighted by molar-refractivity contribution is -0.190. The molecule has 0 radical (unpaired) electrons. The van der Waals surface area contributed by atoms with E-state index in [9.17, 15) is 10.0 Å². The first-order valence-electron chi connectivity index (χ1n) is 9.37. The van der Waals surface area contributed by atoms with Gasteiger partial charge in [0.15, 0.2) is 0 Å². The molecular formula is C19H31NO2. The number of hydrogen-bond donors (Lipinski definition) is 1. The van der Waals surface area contributed by atoms with Gasteiger partial charge in [0.2, 0.25) is 0 Å². The standard InChI is InChI=1S/C19H31NO2/c1-12-14-5-4-13-15(18(14,2)9-7-17(12)21)6-10-19(3)16(13)8-11-20(19)22/h12-16,22H,4-11H2,1-3H3/t12?,13-,14?,15-,16+,18+,19+/m1/s1. The van der Waals surface area contributed by atoms with Gasteiger partial charge >= 0.3 is 0 Å². The molecule has 4 fully saturated rings. The largest absolute Gasteiger partial charge is 0.313 e. The van der Waals surface area contributed by atoms with E-state index in [2.05, 4.69) is 20.8 Å². The minimum Gasteiger partial charge on any atom is -0.313 e. The number of rotatable bonds is 0. The Hall–Kier alpha value is -0.410. The Bertz CT molecular complexity index is 492. The zero-order chi connectivity index (χ0) is 15.7. The van der Waals surface area contributed by atoms with Crippen LogP contribution in [0.4, 0.5) is 0 Å². The molecule has 4 rings (SSSR count). The van der Waals surface area contributed by atoms with Gasteiger partial charge in [-0.15, -0.1) is 0 Å². The molecule has 3 nitrogen and oxygen atoms in total. The van der Waals surface area contributed by atoms with E-state index in [1.165, 1.54) is 19.3 Å². The zero-order valence-corrected chi connectivity index (χ0v) is 14.3. The van der Waals surface area contributed by atoms with Crippen LogP contribution in [0.2, 0.25) is 0 Å². The first-order chi connectivity index (χ1) is 10.4. The van der Waals surface area contributed by atoms with Crippen molar-refractivity contribution in [3.8, 4) is 0 Å². The number of nitrogens with zero attached hydrogens (tertiary/aromatic N) is 1. The highest BCUT2D eigenvalue weighted by molar-refractivity contribution is 5.82. The van der Waals surface area contributed by atoms with Gasteiger partial charge in [0, 0.05) is 24.4 Å². The normalized spacial score (nSPS) is 55.5. The summed E-state index contributed by atoms with van der Waals surface area (Å²) in [5.41, 5.74) is 0.376. The first kappa shape index (κ1) is 15.1. The van der Waals surface area contributed by atoms with Crippen molar-refractivity contribution in [2.75, 3.05) is 6.54 Å². The zero-order valence-electron chi connectivity index (χ0n) is 14.3. The topological polar surface area (TPSA) is 40.5 Å². The van der Waals surface area contributed by atoms with Crippen molar-refractivity contribution in [1.29, 1.82) is 0 Å². The van der Waals surface area contributed by atoms with E-state index < -0.39 is 0 Å². The number of Topliss-reactive ketones (excluding diaryl/α,β-unsaturated/α-hetero) is 1. The highest BCUT2D eigenvalue weighted by Crippen LogP contribution is 2.64. The molecule has 4 aliphatic rings. The Morgan fingerprint density at radius 2 is 1.82 bits per heavy atom. The average Bonchev–Trinajstić information content (AvgIpc) is 2.79. The molecule has 22 heavy (non-hydrogen) atoms. The maximum Gasteiger partial charge on any atom is 0.136 e. The predicted molar refractivity (Wildman–Crippen MR) is 85.5 cm³/mol. The van der Waals surface area contributed by atoms with Crippen LogP contribution in [-0.4, -0.2) is 28.1 Å². The number of ketones is 1. The van der Waals surface area contributed by atoms with Crippen molar-refractivity contribution >= 4 is 5.78 Å². The van der Waals surface area contributed by atoms with Crippen molar-refractivity contribution in [1.82, 2.24) is 5.06 Å². The molecule has 0 bridgehead atoms. The lowest BCUT2D eigenvalue weighted by Crippen LogP contribution is -2.58. The van der Waals surface area contributed by atoms with Gasteiger partial charge in [-0.3, -0.25) is 4.79 Å². The molecule has 1 heterocycles. The van der Waals surface area contributed by atoms with E-state index in [0.29, 0.717) is 23.0 Å². The van der Waals surface area contributed by atoms with Gasteiger partial charge in [-0.25, -0.2) is 0 Å². The van der Waals surface area contributed by atoms with Gasteiger partial charge < -0.3 is 5.21 Å². The second-order valence-electron chi connectivity index (χ2n) is 9.13. The molecule has 1 N–H and O–H groups in total. The van der Waals surface area contributed by atoms with Crippen LogP contribution >= 0.6 is 0 Å². The van der Waals surface area contributed by atoms with E-state index in [-0.39, 0.29) is 11.5 Å². The van der Waals surface area contributed by atoms with E-state index in [1.807, 2.05) is 0 Å². The van der Waals surface area contributed by atoms with Crippen LogP contribution in [0.15, 0.2) is 0 Å². The molecule has 0 spiro atoms. The molecule has 3 aliphatic carbocycles. The van der Waals surface area contributed by atoms with E-state index in [0.717, 1.165) is 44.1 Å². The maximum absolute atomic E-state index is 12.2. The Morgan fingerprint density at radius 3 is 2.59 bits per heavy atom. The average molecular weight is 305 g/mol. The molecule has 0 aromatic rings. The molecule has 2 unspecified atom stereocenters. The third-order valence-electron chi connectivity index (χ3n) is 8.56. The summed E-state index contributed by atoms with van der Waals surface area (Å²) in [6.07, 6.45) is 7.92. The molecule has 124 valence electrons. The predicted octanol–water partition coefficient (Wildman–Crippen LogP) is 3.90. The van der Waals surface area contributed by atoms with Crippen LogP contribution in [0, 0.1) is 35.0 Å². The van der Waals surface area contributed by atoms with Crippen molar-refractivity contribution in [3.05, 3.63) is 0 Å².